The van der Waals surface area contributed by atoms with Crippen molar-refractivity contribution >= 4 is 5.91 Å². The van der Waals surface area contributed by atoms with Gasteiger partial charge in [-0.1, -0.05) is 12.1 Å². The molecular weight excluding hydrogens is 230 g/mol. The van der Waals surface area contributed by atoms with Gasteiger partial charge in [0.25, 0.3) is 0 Å². The van der Waals surface area contributed by atoms with Gasteiger partial charge in [-0.15, -0.1) is 0 Å². The standard InChI is InChI=1S/C13H17N3O2/c1-18-12(8-15)6-13(17)16-9-11-4-2-10(7-14)3-5-11/h2-5,12H,6,8-9,15H2,1H3,(H,16,17). The molecule has 5 heteroatoms. The van der Waals surface area contributed by atoms with Crippen LogP contribution in [-0.4, -0.2) is 25.7 Å². The monoisotopic (exact) mass is 247 g/mol. The van der Waals surface area contributed by atoms with Crippen LogP contribution in [0.15, 0.2) is 24.3 Å². The number of rotatable bonds is 6. The zero-order valence-corrected chi connectivity index (χ0v) is 10.3. The molecule has 96 valence electrons. The first-order chi connectivity index (χ1) is 8.69. The molecule has 1 unspecified atom stereocenters. The van der Waals surface area contributed by atoms with Crippen molar-refractivity contribution in [3.63, 3.8) is 0 Å². The Kier molecular flexibility index (Phi) is 5.85. The Balaban J connectivity index is 2.40. The molecule has 18 heavy (non-hydrogen) atoms. The summed E-state index contributed by atoms with van der Waals surface area (Å²) in [4.78, 5) is 11.6. The van der Waals surface area contributed by atoms with E-state index >= 15 is 0 Å². The number of nitrogens with zero attached hydrogens (tertiary/aromatic N) is 1. The summed E-state index contributed by atoms with van der Waals surface area (Å²) in [6.07, 6.45) is 0.00878. The maximum Gasteiger partial charge on any atom is 0.222 e. The summed E-state index contributed by atoms with van der Waals surface area (Å²) in [5.41, 5.74) is 6.99. The third-order valence-corrected chi connectivity index (χ3v) is 2.58. The van der Waals surface area contributed by atoms with Gasteiger partial charge in [0.1, 0.15) is 0 Å². The van der Waals surface area contributed by atoms with Crippen molar-refractivity contribution in [3.05, 3.63) is 35.4 Å². The molecule has 0 saturated heterocycles. The molecule has 0 spiro atoms. The van der Waals surface area contributed by atoms with Crippen molar-refractivity contribution in [2.24, 2.45) is 5.73 Å². The minimum Gasteiger partial charge on any atom is -0.380 e. The lowest BCUT2D eigenvalue weighted by Gasteiger charge is -2.12. The van der Waals surface area contributed by atoms with Crippen LogP contribution in [0.2, 0.25) is 0 Å². The number of nitrogens with one attached hydrogen (secondary N) is 1. The Bertz CT molecular complexity index is 419. The van der Waals surface area contributed by atoms with Crippen molar-refractivity contribution in [1.82, 2.24) is 5.32 Å². The Morgan fingerprint density at radius 1 is 1.50 bits per heavy atom. The topological polar surface area (TPSA) is 88.1 Å². The first-order valence-corrected chi connectivity index (χ1v) is 5.68. The highest BCUT2D eigenvalue weighted by atomic mass is 16.5. The average Bonchev–Trinajstić information content (AvgIpc) is 2.43. The number of carbonyl (C=O) groups is 1. The van der Waals surface area contributed by atoms with Crippen LogP contribution < -0.4 is 11.1 Å². The fourth-order valence-electron chi connectivity index (χ4n) is 1.44. The highest BCUT2D eigenvalue weighted by Gasteiger charge is 2.10. The predicted octanol–water partition coefficient (Wildman–Crippen LogP) is 0.538. The van der Waals surface area contributed by atoms with E-state index in [2.05, 4.69) is 5.32 Å². The smallest absolute Gasteiger partial charge is 0.222 e. The van der Waals surface area contributed by atoms with Crippen LogP contribution in [0.1, 0.15) is 17.5 Å². The van der Waals surface area contributed by atoms with Crippen LogP contribution in [0.4, 0.5) is 0 Å². The highest BCUT2D eigenvalue weighted by molar-refractivity contribution is 5.76. The molecule has 0 bridgehead atoms. The van der Waals surface area contributed by atoms with Crippen molar-refractivity contribution < 1.29 is 9.53 Å². The van der Waals surface area contributed by atoms with E-state index in [9.17, 15) is 4.79 Å². The van der Waals surface area contributed by atoms with E-state index in [0.29, 0.717) is 18.7 Å². The number of hydrogen-bond acceptors (Lipinski definition) is 4. The van der Waals surface area contributed by atoms with Crippen molar-refractivity contribution in [1.29, 1.82) is 5.26 Å². The number of amides is 1. The normalized spacial score (nSPS) is 11.6. The fraction of sp³-hybridized carbons (Fsp3) is 0.385. The number of benzene rings is 1. The summed E-state index contributed by atoms with van der Waals surface area (Å²) in [6, 6.07) is 9.12. The van der Waals surface area contributed by atoms with Crippen molar-refractivity contribution in [3.8, 4) is 6.07 Å². The van der Waals surface area contributed by atoms with E-state index in [4.69, 9.17) is 15.7 Å². The van der Waals surface area contributed by atoms with E-state index in [1.54, 1.807) is 12.1 Å². The van der Waals surface area contributed by atoms with Gasteiger partial charge in [0.2, 0.25) is 5.91 Å². The van der Waals surface area contributed by atoms with Crippen LogP contribution in [0.5, 0.6) is 0 Å². The van der Waals surface area contributed by atoms with Gasteiger partial charge in [0, 0.05) is 20.2 Å². The Hall–Kier alpha value is -1.90. The molecule has 0 aliphatic rings. The van der Waals surface area contributed by atoms with E-state index in [0.717, 1.165) is 5.56 Å². The summed E-state index contributed by atoms with van der Waals surface area (Å²) in [7, 11) is 1.53. The quantitative estimate of drug-likeness (QED) is 0.768. The number of carbonyl (C=O) groups excluding carboxylic acids is 1. The zero-order chi connectivity index (χ0) is 13.4. The zero-order valence-electron chi connectivity index (χ0n) is 10.3. The van der Waals surface area contributed by atoms with Crippen LogP contribution >= 0.6 is 0 Å². The van der Waals surface area contributed by atoms with Crippen LogP contribution in [-0.2, 0) is 16.1 Å². The number of ether oxygens (including phenoxy) is 1. The molecule has 0 fully saturated rings. The first-order valence-electron chi connectivity index (χ1n) is 5.68. The number of nitrogens with two attached hydrogens (primary N) is 1. The van der Waals surface area contributed by atoms with Gasteiger partial charge >= 0.3 is 0 Å². The minimum absolute atomic E-state index is 0.100. The molecule has 0 aromatic heterocycles. The molecule has 1 aromatic carbocycles. The largest absolute Gasteiger partial charge is 0.380 e. The Morgan fingerprint density at radius 3 is 2.67 bits per heavy atom. The van der Waals surface area contributed by atoms with Crippen LogP contribution in [0.25, 0.3) is 0 Å². The lowest BCUT2D eigenvalue weighted by molar-refractivity contribution is -0.123. The average molecular weight is 247 g/mol. The molecule has 1 atom stereocenters. The van der Waals surface area contributed by atoms with Crippen LogP contribution in [0, 0.1) is 11.3 Å². The number of hydrogen-bond donors (Lipinski definition) is 2. The molecule has 3 N–H and O–H groups in total. The van der Waals surface area contributed by atoms with E-state index in [-0.39, 0.29) is 18.4 Å². The van der Waals surface area contributed by atoms with Crippen LogP contribution in [0.3, 0.4) is 0 Å². The molecule has 0 aliphatic carbocycles. The molecule has 0 aliphatic heterocycles. The lowest BCUT2D eigenvalue weighted by atomic mass is 10.1. The minimum atomic E-state index is -0.244. The summed E-state index contributed by atoms with van der Waals surface area (Å²) in [5, 5.41) is 11.4. The second-order valence-corrected chi connectivity index (χ2v) is 3.88. The molecule has 0 saturated carbocycles. The molecule has 1 aromatic rings. The van der Waals surface area contributed by atoms with Gasteiger partial charge in [-0.2, -0.15) is 5.26 Å². The molecular formula is C13H17N3O2. The maximum absolute atomic E-state index is 11.6. The molecule has 0 radical (unpaired) electrons. The van der Waals surface area contributed by atoms with Gasteiger partial charge in [-0.05, 0) is 17.7 Å². The molecule has 1 rings (SSSR count). The van der Waals surface area contributed by atoms with Gasteiger partial charge in [-0.25, -0.2) is 0 Å². The Labute approximate surface area is 107 Å². The van der Waals surface area contributed by atoms with Gasteiger partial charge in [0.15, 0.2) is 0 Å². The summed E-state index contributed by atoms with van der Waals surface area (Å²) >= 11 is 0. The second-order valence-electron chi connectivity index (χ2n) is 3.88. The summed E-state index contributed by atoms with van der Waals surface area (Å²) in [6.45, 7) is 0.756. The summed E-state index contributed by atoms with van der Waals surface area (Å²) in [5.74, 6) is -0.100. The van der Waals surface area contributed by atoms with Gasteiger partial charge < -0.3 is 15.8 Å². The SMILES string of the molecule is COC(CN)CC(=O)NCc1ccc(C#N)cc1. The van der Waals surface area contributed by atoms with E-state index in [1.165, 1.54) is 7.11 Å². The van der Waals surface area contributed by atoms with E-state index in [1.807, 2.05) is 18.2 Å². The predicted molar refractivity (Wildman–Crippen MR) is 67.5 cm³/mol. The third kappa shape index (κ3) is 4.53. The fourth-order valence-corrected chi connectivity index (χ4v) is 1.44. The second kappa shape index (κ2) is 7.43. The third-order valence-electron chi connectivity index (χ3n) is 2.58. The molecule has 0 heterocycles. The number of methoxy groups -OCH3 is 1. The highest BCUT2D eigenvalue weighted by Crippen LogP contribution is 2.03. The van der Waals surface area contributed by atoms with Gasteiger partial charge in [-0.3, -0.25) is 4.79 Å². The van der Waals surface area contributed by atoms with E-state index < -0.39 is 0 Å². The lowest BCUT2D eigenvalue weighted by Crippen LogP contribution is -2.31. The first kappa shape index (κ1) is 14.2. The van der Waals surface area contributed by atoms with Crippen molar-refractivity contribution in [2.75, 3.05) is 13.7 Å². The number of nitriles is 1. The maximum atomic E-state index is 11.6. The summed E-state index contributed by atoms with van der Waals surface area (Å²) < 4.78 is 5.03. The Morgan fingerprint density at radius 2 is 2.17 bits per heavy atom. The molecule has 1 amide bonds. The van der Waals surface area contributed by atoms with Crippen molar-refractivity contribution in [2.45, 2.75) is 19.1 Å². The van der Waals surface area contributed by atoms with Gasteiger partial charge in [0.05, 0.1) is 24.2 Å². The molecule has 5 nitrogen and oxygen atoms in total.